The van der Waals surface area contributed by atoms with Crippen molar-refractivity contribution in [3.8, 4) is 5.75 Å². The molecule has 0 aliphatic carbocycles. The number of pyridine rings is 1. The first-order chi connectivity index (χ1) is 13.3. The summed E-state index contributed by atoms with van der Waals surface area (Å²) in [6.07, 6.45) is 3.26. The fourth-order valence-electron chi connectivity index (χ4n) is 2.80. The summed E-state index contributed by atoms with van der Waals surface area (Å²) in [5.41, 5.74) is 2.08. The summed E-state index contributed by atoms with van der Waals surface area (Å²) in [5.74, 6) is -0.805. The number of hydrogen-bond donors (Lipinski definition) is 2. The van der Waals surface area contributed by atoms with Crippen molar-refractivity contribution in [2.24, 2.45) is 0 Å². The highest BCUT2D eigenvalue weighted by Gasteiger charge is 2.15. The third kappa shape index (κ3) is 4.28. The second kappa shape index (κ2) is 8.08. The lowest BCUT2D eigenvalue weighted by Crippen LogP contribution is -2.26. The van der Waals surface area contributed by atoms with Crippen molar-refractivity contribution in [3.05, 3.63) is 53.9 Å². The maximum absolute atomic E-state index is 12.6. The van der Waals surface area contributed by atoms with E-state index in [1.165, 1.54) is 0 Å². The molecule has 0 spiro atoms. The Hall–Kier alpha value is -3.42. The van der Waals surface area contributed by atoms with Gasteiger partial charge in [-0.15, -0.1) is 0 Å². The van der Waals surface area contributed by atoms with Crippen LogP contribution in [-0.2, 0) is 4.79 Å². The molecule has 0 bridgehead atoms. The predicted molar refractivity (Wildman–Crippen MR) is 103 cm³/mol. The number of carboxylic acid groups (broad SMARTS) is 1. The summed E-state index contributed by atoms with van der Waals surface area (Å²) in [4.78, 5) is 27.5. The fourth-order valence-corrected chi connectivity index (χ4v) is 2.80. The van der Waals surface area contributed by atoms with Crippen molar-refractivity contribution in [1.82, 2.24) is 20.1 Å². The Bertz CT molecular complexity index is 995. The molecule has 28 heavy (non-hydrogen) atoms. The Morgan fingerprint density at radius 2 is 1.89 bits per heavy atom. The molecule has 0 aliphatic rings. The Morgan fingerprint density at radius 3 is 2.54 bits per heavy atom. The van der Waals surface area contributed by atoms with Crippen LogP contribution in [0.15, 0.2) is 42.7 Å². The molecular weight excluding hydrogens is 360 g/mol. The van der Waals surface area contributed by atoms with Gasteiger partial charge in [-0.25, -0.2) is 14.5 Å². The van der Waals surface area contributed by atoms with E-state index in [1.807, 2.05) is 25.5 Å². The van der Waals surface area contributed by atoms with Crippen LogP contribution in [0.25, 0.3) is 11.0 Å². The van der Waals surface area contributed by atoms with E-state index in [9.17, 15) is 9.59 Å². The van der Waals surface area contributed by atoms with Gasteiger partial charge in [0.05, 0.1) is 17.8 Å². The van der Waals surface area contributed by atoms with Gasteiger partial charge in [-0.1, -0.05) is 12.1 Å². The number of carboxylic acids is 1. The molecule has 1 atom stereocenters. The van der Waals surface area contributed by atoms with E-state index in [2.05, 4.69) is 15.4 Å². The minimum absolute atomic E-state index is 0.187. The number of nitrogens with one attached hydrogen (secondary N) is 1. The van der Waals surface area contributed by atoms with Crippen LogP contribution in [0.1, 0.15) is 48.8 Å². The topological polar surface area (TPSA) is 106 Å². The number of carbonyl (C=O) groups excluding carboxylic acids is 1. The van der Waals surface area contributed by atoms with Crippen LogP contribution in [0.4, 0.5) is 0 Å². The molecular formula is C20H22N4O4. The van der Waals surface area contributed by atoms with Crippen molar-refractivity contribution in [2.45, 2.75) is 32.9 Å². The van der Waals surface area contributed by atoms with Crippen molar-refractivity contribution in [3.63, 3.8) is 0 Å². The summed E-state index contributed by atoms with van der Waals surface area (Å²) < 4.78 is 6.92. The normalized spacial score (nSPS) is 12.1. The summed E-state index contributed by atoms with van der Waals surface area (Å²) in [6.45, 7) is 5.52. The minimum Gasteiger partial charge on any atom is -0.482 e. The SMILES string of the molecule is CC(NC(=O)c1cnc2c(cnn2C(C)C)c1)c1ccc(OCC(=O)O)cc1. The third-order valence-electron chi connectivity index (χ3n) is 4.27. The number of fused-ring (bicyclic) bond motifs is 1. The predicted octanol–water partition coefficient (Wildman–Crippen LogP) is 2.97. The maximum atomic E-state index is 12.6. The molecule has 0 fully saturated rings. The van der Waals surface area contributed by atoms with E-state index >= 15 is 0 Å². The van der Waals surface area contributed by atoms with Gasteiger partial charge in [0.2, 0.25) is 0 Å². The van der Waals surface area contributed by atoms with Crippen LogP contribution in [0.3, 0.4) is 0 Å². The number of rotatable bonds is 7. The molecule has 0 radical (unpaired) electrons. The molecule has 146 valence electrons. The average molecular weight is 382 g/mol. The molecule has 1 aromatic carbocycles. The van der Waals surface area contributed by atoms with Gasteiger partial charge in [-0.3, -0.25) is 4.79 Å². The second-order valence-corrected chi connectivity index (χ2v) is 6.77. The highest BCUT2D eigenvalue weighted by Crippen LogP contribution is 2.20. The standard InChI is InChI=1S/C20H22N4O4/c1-12(2)24-19-15(10-22-24)8-16(9-21-19)20(27)23-13(3)14-4-6-17(7-5-14)28-11-18(25)26/h4-10,12-13H,11H2,1-3H3,(H,23,27)(H,25,26). The third-order valence-corrected chi connectivity index (χ3v) is 4.27. The van der Waals surface area contributed by atoms with Gasteiger partial charge in [-0.2, -0.15) is 5.10 Å². The maximum Gasteiger partial charge on any atom is 0.341 e. The first kappa shape index (κ1) is 19.3. The summed E-state index contributed by atoms with van der Waals surface area (Å²) in [7, 11) is 0. The largest absolute Gasteiger partial charge is 0.482 e. The quantitative estimate of drug-likeness (QED) is 0.651. The molecule has 8 nitrogen and oxygen atoms in total. The van der Waals surface area contributed by atoms with Crippen LogP contribution >= 0.6 is 0 Å². The molecule has 2 N–H and O–H groups in total. The summed E-state index contributed by atoms with van der Waals surface area (Å²) in [6, 6.07) is 8.65. The number of amides is 1. The van der Waals surface area contributed by atoms with Crippen LogP contribution in [0, 0.1) is 0 Å². The van der Waals surface area contributed by atoms with Crippen molar-refractivity contribution >= 4 is 22.9 Å². The number of nitrogens with zero attached hydrogens (tertiary/aromatic N) is 3. The van der Waals surface area contributed by atoms with E-state index in [4.69, 9.17) is 9.84 Å². The van der Waals surface area contributed by atoms with Crippen molar-refractivity contribution < 1.29 is 19.4 Å². The van der Waals surface area contributed by atoms with Gasteiger partial charge < -0.3 is 15.2 Å². The highest BCUT2D eigenvalue weighted by atomic mass is 16.5. The molecule has 1 amide bonds. The molecule has 0 saturated heterocycles. The first-order valence-corrected chi connectivity index (χ1v) is 8.94. The lowest BCUT2D eigenvalue weighted by molar-refractivity contribution is -0.139. The van der Waals surface area contributed by atoms with E-state index in [0.717, 1.165) is 16.6 Å². The van der Waals surface area contributed by atoms with E-state index in [-0.39, 0.29) is 18.0 Å². The Labute approximate surface area is 162 Å². The number of carbonyl (C=O) groups is 2. The van der Waals surface area contributed by atoms with Crippen molar-refractivity contribution in [1.29, 1.82) is 0 Å². The van der Waals surface area contributed by atoms with Gasteiger partial charge in [0.15, 0.2) is 12.3 Å². The van der Waals surface area contributed by atoms with Gasteiger partial charge >= 0.3 is 5.97 Å². The van der Waals surface area contributed by atoms with Crippen LogP contribution in [-0.4, -0.2) is 38.4 Å². The van der Waals surface area contributed by atoms with Crippen LogP contribution in [0.2, 0.25) is 0 Å². The van der Waals surface area contributed by atoms with Gasteiger partial charge in [-0.05, 0) is 44.5 Å². The Balaban J connectivity index is 1.68. The second-order valence-electron chi connectivity index (χ2n) is 6.77. The molecule has 1 unspecified atom stereocenters. The van der Waals surface area contributed by atoms with Crippen molar-refractivity contribution in [2.75, 3.05) is 6.61 Å². The van der Waals surface area contributed by atoms with Gasteiger partial charge in [0.25, 0.3) is 5.91 Å². The lowest BCUT2D eigenvalue weighted by atomic mass is 10.1. The van der Waals surface area contributed by atoms with E-state index < -0.39 is 12.6 Å². The van der Waals surface area contributed by atoms with Crippen LogP contribution in [0.5, 0.6) is 5.75 Å². The zero-order valence-corrected chi connectivity index (χ0v) is 15.9. The Morgan fingerprint density at radius 1 is 1.18 bits per heavy atom. The zero-order valence-electron chi connectivity index (χ0n) is 15.9. The van der Waals surface area contributed by atoms with Gasteiger partial charge in [0.1, 0.15) is 5.75 Å². The monoisotopic (exact) mass is 382 g/mol. The molecule has 2 aromatic heterocycles. The molecule has 2 heterocycles. The van der Waals surface area contributed by atoms with E-state index in [1.54, 1.807) is 42.7 Å². The molecule has 0 aliphatic heterocycles. The number of ether oxygens (including phenoxy) is 1. The summed E-state index contributed by atoms with van der Waals surface area (Å²) >= 11 is 0. The highest BCUT2D eigenvalue weighted by molar-refractivity contribution is 5.97. The number of aliphatic carboxylic acids is 1. The van der Waals surface area contributed by atoms with Crippen LogP contribution < -0.4 is 10.1 Å². The minimum atomic E-state index is -1.03. The lowest BCUT2D eigenvalue weighted by Gasteiger charge is -2.15. The zero-order chi connectivity index (χ0) is 20.3. The summed E-state index contributed by atoms with van der Waals surface area (Å²) in [5, 5.41) is 16.7. The van der Waals surface area contributed by atoms with Gasteiger partial charge in [0, 0.05) is 17.6 Å². The molecule has 3 rings (SSSR count). The molecule has 8 heteroatoms. The molecule has 0 saturated carbocycles. The molecule has 3 aromatic rings. The fraction of sp³-hybridized carbons (Fsp3) is 0.300. The number of benzene rings is 1. The number of hydrogen-bond acceptors (Lipinski definition) is 5. The number of aromatic nitrogens is 3. The Kier molecular flexibility index (Phi) is 5.58. The average Bonchev–Trinajstić information content (AvgIpc) is 3.10. The first-order valence-electron chi connectivity index (χ1n) is 8.94. The smallest absolute Gasteiger partial charge is 0.341 e. The van der Waals surface area contributed by atoms with E-state index in [0.29, 0.717) is 11.3 Å².